The Balaban J connectivity index is 0.00000576. The van der Waals surface area contributed by atoms with Crippen LogP contribution in [0.3, 0.4) is 0 Å². The highest BCUT2D eigenvalue weighted by Crippen LogP contribution is 2.10. The second-order valence-corrected chi connectivity index (χ2v) is 6.99. The van der Waals surface area contributed by atoms with E-state index >= 15 is 0 Å². The van der Waals surface area contributed by atoms with Crippen molar-refractivity contribution in [3.8, 4) is 0 Å². The minimum Gasteiger partial charge on any atom is -0.356 e. The summed E-state index contributed by atoms with van der Waals surface area (Å²) in [5, 5.41) is 10.2. The number of aryl methyl sites for hydroxylation is 1. The van der Waals surface area contributed by atoms with Crippen LogP contribution >= 0.6 is 35.3 Å². The Labute approximate surface area is 175 Å². The lowest BCUT2D eigenvalue weighted by Gasteiger charge is -2.21. The van der Waals surface area contributed by atoms with Gasteiger partial charge >= 0.3 is 0 Å². The maximum Gasteiger partial charge on any atom is 0.191 e. The number of aliphatic imine (C=N–C) groups is 1. The number of hydrogen-bond acceptors (Lipinski definition) is 4. The molecule has 0 saturated carbocycles. The molecule has 0 amide bonds. The highest BCUT2D eigenvalue weighted by molar-refractivity contribution is 14.0. The number of halogens is 1. The van der Waals surface area contributed by atoms with Crippen LogP contribution < -0.4 is 10.6 Å². The molecule has 1 heterocycles. The number of guanidine groups is 1. The molecule has 1 atom stereocenters. The summed E-state index contributed by atoms with van der Waals surface area (Å²) in [6, 6.07) is 0.428. The molecule has 1 aromatic rings. The molecule has 0 bridgehead atoms. The van der Waals surface area contributed by atoms with Gasteiger partial charge in [0.25, 0.3) is 0 Å². The van der Waals surface area contributed by atoms with Crippen molar-refractivity contribution in [2.75, 3.05) is 33.2 Å². The molecule has 0 aliphatic rings. The molecule has 1 aromatic heterocycles. The van der Waals surface area contributed by atoms with Crippen LogP contribution in [0, 0.1) is 0 Å². The van der Waals surface area contributed by atoms with Crippen LogP contribution in [-0.4, -0.2) is 55.1 Å². The van der Waals surface area contributed by atoms with Gasteiger partial charge in [-0.15, -0.1) is 35.3 Å². The van der Waals surface area contributed by atoms with Crippen LogP contribution in [0.5, 0.6) is 0 Å². The second kappa shape index (κ2) is 14.7. The summed E-state index contributed by atoms with van der Waals surface area (Å²) < 4.78 is 0. The summed E-state index contributed by atoms with van der Waals surface area (Å²) in [6.07, 6.45) is 4.33. The van der Waals surface area contributed by atoms with Gasteiger partial charge in [0.2, 0.25) is 0 Å². The SMILES string of the molecule is CCc1nc(CCNC(=NC)NC(C)CCCN(CC)CC)cs1.I. The zero-order chi connectivity index (χ0) is 17.8. The Kier molecular flexibility index (Phi) is 14.5. The van der Waals surface area contributed by atoms with Crippen LogP contribution in [0.4, 0.5) is 0 Å². The van der Waals surface area contributed by atoms with E-state index in [4.69, 9.17) is 0 Å². The molecule has 0 radical (unpaired) electrons. The van der Waals surface area contributed by atoms with Gasteiger partial charge in [0.05, 0.1) is 10.7 Å². The number of rotatable bonds is 11. The highest BCUT2D eigenvalue weighted by Gasteiger charge is 2.07. The molecule has 1 rings (SSSR count). The smallest absolute Gasteiger partial charge is 0.191 e. The molecule has 25 heavy (non-hydrogen) atoms. The summed E-state index contributed by atoms with van der Waals surface area (Å²) in [4.78, 5) is 11.4. The van der Waals surface area contributed by atoms with Crippen molar-refractivity contribution in [3.63, 3.8) is 0 Å². The fourth-order valence-electron chi connectivity index (χ4n) is 2.60. The fraction of sp³-hybridized carbons (Fsp3) is 0.778. The molecule has 0 aliphatic carbocycles. The minimum absolute atomic E-state index is 0. The van der Waals surface area contributed by atoms with E-state index < -0.39 is 0 Å². The van der Waals surface area contributed by atoms with Gasteiger partial charge in [-0.05, 0) is 45.8 Å². The van der Waals surface area contributed by atoms with Crippen molar-refractivity contribution in [2.45, 2.75) is 59.4 Å². The number of aromatic nitrogens is 1. The van der Waals surface area contributed by atoms with Crippen LogP contribution in [0.2, 0.25) is 0 Å². The largest absolute Gasteiger partial charge is 0.356 e. The van der Waals surface area contributed by atoms with Gasteiger partial charge in [0.15, 0.2) is 5.96 Å². The number of hydrogen-bond donors (Lipinski definition) is 2. The minimum atomic E-state index is 0. The van der Waals surface area contributed by atoms with E-state index in [0.717, 1.165) is 44.9 Å². The van der Waals surface area contributed by atoms with Gasteiger partial charge in [-0.1, -0.05) is 20.8 Å². The van der Waals surface area contributed by atoms with E-state index in [1.807, 2.05) is 7.05 Å². The van der Waals surface area contributed by atoms with Gasteiger partial charge in [-0.3, -0.25) is 4.99 Å². The van der Waals surface area contributed by atoms with Crippen LogP contribution in [-0.2, 0) is 12.8 Å². The van der Waals surface area contributed by atoms with Crippen molar-refractivity contribution >= 4 is 41.3 Å². The van der Waals surface area contributed by atoms with Crippen molar-refractivity contribution in [2.24, 2.45) is 4.99 Å². The first-order chi connectivity index (χ1) is 11.6. The third kappa shape index (κ3) is 10.4. The van der Waals surface area contributed by atoms with E-state index in [0.29, 0.717) is 6.04 Å². The lowest BCUT2D eigenvalue weighted by atomic mass is 10.2. The maximum absolute atomic E-state index is 4.60. The van der Waals surface area contributed by atoms with Gasteiger partial charge in [-0.2, -0.15) is 0 Å². The standard InChI is InChI=1S/C18H35N5S.HI/c1-6-17-22-16(14-24-17)11-12-20-18(19-5)21-15(4)10-9-13-23(7-2)8-3;/h14-15H,6-13H2,1-5H3,(H2,19,20,21);1H. The molecule has 2 N–H and O–H groups in total. The molecular formula is C18H36IN5S. The quantitative estimate of drug-likeness (QED) is 0.289. The van der Waals surface area contributed by atoms with Crippen molar-refractivity contribution in [3.05, 3.63) is 16.1 Å². The average molecular weight is 481 g/mol. The first kappa shape index (κ1) is 24.6. The maximum atomic E-state index is 4.60. The van der Waals surface area contributed by atoms with Crippen LogP contribution in [0.25, 0.3) is 0 Å². The lowest BCUT2D eigenvalue weighted by molar-refractivity contribution is 0.292. The van der Waals surface area contributed by atoms with Gasteiger partial charge in [0.1, 0.15) is 0 Å². The number of nitrogens with zero attached hydrogens (tertiary/aromatic N) is 3. The van der Waals surface area contributed by atoms with Crippen molar-refractivity contribution in [1.82, 2.24) is 20.5 Å². The molecule has 0 saturated heterocycles. The van der Waals surface area contributed by atoms with Gasteiger partial charge in [0, 0.05) is 31.4 Å². The normalized spacial score (nSPS) is 12.8. The third-order valence-electron chi connectivity index (χ3n) is 4.19. The average Bonchev–Trinajstić information content (AvgIpc) is 3.05. The molecule has 0 fully saturated rings. The molecular weight excluding hydrogens is 445 g/mol. The molecule has 0 spiro atoms. The van der Waals surface area contributed by atoms with E-state index in [-0.39, 0.29) is 24.0 Å². The van der Waals surface area contributed by atoms with E-state index in [2.05, 4.69) is 58.6 Å². The Morgan fingerprint density at radius 3 is 2.60 bits per heavy atom. The van der Waals surface area contributed by atoms with Crippen LogP contribution in [0.1, 0.15) is 51.2 Å². The topological polar surface area (TPSA) is 52.6 Å². The Morgan fingerprint density at radius 1 is 1.32 bits per heavy atom. The zero-order valence-electron chi connectivity index (χ0n) is 16.5. The molecule has 5 nitrogen and oxygen atoms in total. The first-order valence-electron chi connectivity index (χ1n) is 9.25. The Bertz CT molecular complexity index is 474. The summed E-state index contributed by atoms with van der Waals surface area (Å²) in [5.74, 6) is 0.885. The van der Waals surface area contributed by atoms with E-state index in [1.54, 1.807) is 11.3 Å². The molecule has 0 aliphatic heterocycles. The van der Waals surface area contributed by atoms with Crippen molar-refractivity contribution in [1.29, 1.82) is 0 Å². The number of thiazole rings is 1. The summed E-state index contributed by atoms with van der Waals surface area (Å²) in [6.45, 7) is 13.1. The van der Waals surface area contributed by atoms with Gasteiger partial charge < -0.3 is 15.5 Å². The summed E-state index contributed by atoms with van der Waals surface area (Å²) >= 11 is 1.75. The summed E-state index contributed by atoms with van der Waals surface area (Å²) in [7, 11) is 1.83. The fourth-order valence-corrected chi connectivity index (χ4v) is 3.38. The molecule has 1 unspecified atom stereocenters. The van der Waals surface area contributed by atoms with E-state index in [1.165, 1.54) is 23.7 Å². The third-order valence-corrected chi connectivity index (χ3v) is 5.23. The molecule has 146 valence electrons. The van der Waals surface area contributed by atoms with Crippen LogP contribution in [0.15, 0.2) is 10.4 Å². The summed E-state index contributed by atoms with van der Waals surface area (Å²) in [5.41, 5.74) is 1.17. The lowest BCUT2D eigenvalue weighted by Crippen LogP contribution is -2.43. The predicted molar refractivity (Wildman–Crippen MR) is 122 cm³/mol. The van der Waals surface area contributed by atoms with Crippen molar-refractivity contribution < 1.29 is 0 Å². The van der Waals surface area contributed by atoms with E-state index in [9.17, 15) is 0 Å². The highest BCUT2D eigenvalue weighted by atomic mass is 127. The Hall–Kier alpha value is -0.410. The monoisotopic (exact) mass is 481 g/mol. The molecule has 0 aromatic carbocycles. The Morgan fingerprint density at radius 2 is 2.04 bits per heavy atom. The second-order valence-electron chi connectivity index (χ2n) is 6.05. The molecule has 7 heteroatoms. The predicted octanol–water partition coefficient (Wildman–Crippen LogP) is 3.54. The number of nitrogens with one attached hydrogen (secondary N) is 2. The first-order valence-corrected chi connectivity index (χ1v) is 10.1. The zero-order valence-corrected chi connectivity index (χ0v) is 19.6. The van der Waals surface area contributed by atoms with Gasteiger partial charge in [-0.25, -0.2) is 4.98 Å².